The Morgan fingerprint density at radius 3 is 2.45 bits per heavy atom. The predicted molar refractivity (Wildman–Crippen MR) is 45.2 cm³/mol. The van der Waals surface area contributed by atoms with Gasteiger partial charge in [-0.15, -0.1) is 19.0 Å². The molecule has 5 heteroatoms. The molecule has 1 amide bonds. The minimum Gasteiger partial charge on any atom is -0.382 e. The highest BCUT2D eigenvalue weighted by Gasteiger charge is 2.18. The molecule has 2 atom stereocenters. The smallest absolute Gasteiger partial charge is 0.247 e. The minimum atomic E-state index is -1.27. The topological polar surface area (TPSA) is 89.3 Å². The van der Waals surface area contributed by atoms with E-state index >= 15 is 0 Å². The molecule has 0 aliphatic rings. The van der Waals surface area contributed by atoms with Crippen LogP contribution in [0.1, 0.15) is 6.42 Å². The molecular weight excluding hydrogens is 168 g/mol. The zero-order chi connectivity index (χ0) is 8.15. The molecule has 0 aromatic heterocycles. The second-order valence-electron chi connectivity index (χ2n) is 2.04. The SMILES string of the molecule is C=CCC(N)C(O)C(N)=O.Cl. The molecule has 0 aliphatic heterocycles. The molecule has 0 aromatic carbocycles. The van der Waals surface area contributed by atoms with Crippen LogP contribution in [0.2, 0.25) is 0 Å². The molecule has 5 N–H and O–H groups in total. The van der Waals surface area contributed by atoms with Crippen molar-refractivity contribution in [3.05, 3.63) is 12.7 Å². The van der Waals surface area contributed by atoms with Gasteiger partial charge in [-0.2, -0.15) is 0 Å². The quantitative estimate of drug-likeness (QED) is 0.493. The maximum Gasteiger partial charge on any atom is 0.247 e. The summed E-state index contributed by atoms with van der Waals surface area (Å²) in [5.74, 6) is -0.797. The van der Waals surface area contributed by atoms with E-state index in [-0.39, 0.29) is 12.4 Å². The van der Waals surface area contributed by atoms with Crippen molar-refractivity contribution in [2.24, 2.45) is 11.5 Å². The van der Waals surface area contributed by atoms with Gasteiger partial charge in [-0.3, -0.25) is 4.79 Å². The number of nitrogens with two attached hydrogens (primary N) is 2. The van der Waals surface area contributed by atoms with Crippen molar-refractivity contribution in [1.82, 2.24) is 0 Å². The lowest BCUT2D eigenvalue weighted by Gasteiger charge is -2.12. The van der Waals surface area contributed by atoms with Gasteiger partial charge in [0.05, 0.1) is 0 Å². The highest BCUT2D eigenvalue weighted by atomic mass is 35.5. The molecule has 0 heterocycles. The molecule has 0 aliphatic carbocycles. The molecule has 0 saturated heterocycles. The maximum atomic E-state index is 10.3. The summed E-state index contributed by atoms with van der Waals surface area (Å²) in [4.78, 5) is 10.3. The normalized spacial score (nSPS) is 14.4. The molecule has 66 valence electrons. The molecule has 11 heavy (non-hydrogen) atoms. The minimum absolute atomic E-state index is 0. The van der Waals surface area contributed by atoms with Crippen LogP contribution in [0.4, 0.5) is 0 Å². The second kappa shape index (κ2) is 6.15. The fourth-order valence-corrected chi connectivity index (χ4v) is 0.532. The van der Waals surface area contributed by atoms with E-state index in [4.69, 9.17) is 16.6 Å². The average molecular weight is 181 g/mol. The largest absolute Gasteiger partial charge is 0.382 e. The molecule has 0 rings (SSSR count). The zero-order valence-corrected chi connectivity index (χ0v) is 6.88. The van der Waals surface area contributed by atoms with Crippen LogP contribution in [0.15, 0.2) is 12.7 Å². The molecule has 0 radical (unpaired) electrons. The Labute approximate surface area is 71.7 Å². The van der Waals surface area contributed by atoms with E-state index in [2.05, 4.69) is 6.58 Å². The first-order valence-electron chi connectivity index (χ1n) is 2.93. The van der Waals surface area contributed by atoms with Crippen molar-refractivity contribution in [3.63, 3.8) is 0 Å². The van der Waals surface area contributed by atoms with Crippen molar-refractivity contribution in [2.45, 2.75) is 18.6 Å². The second-order valence-corrected chi connectivity index (χ2v) is 2.04. The molecule has 4 nitrogen and oxygen atoms in total. The Balaban J connectivity index is 0. The van der Waals surface area contributed by atoms with E-state index < -0.39 is 18.1 Å². The van der Waals surface area contributed by atoms with Crippen LogP contribution in [0.3, 0.4) is 0 Å². The lowest BCUT2D eigenvalue weighted by atomic mass is 10.1. The van der Waals surface area contributed by atoms with Crippen LogP contribution < -0.4 is 11.5 Å². The van der Waals surface area contributed by atoms with Gasteiger partial charge in [0.2, 0.25) is 5.91 Å². The van der Waals surface area contributed by atoms with Crippen molar-refractivity contribution in [3.8, 4) is 0 Å². The summed E-state index contributed by atoms with van der Waals surface area (Å²) in [6, 6.07) is -0.630. The number of hydrogen-bond acceptors (Lipinski definition) is 3. The first kappa shape index (κ1) is 13.0. The van der Waals surface area contributed by atoms with E-state index in [0.29, 0.717) is 6.42 Å². The lowest BCUT2D eigenvalue weighted by Crippen LogP contribution is -2.43. The van der Waals surface area contributed by atoms with Crippen molar-refractivity contribution in [1.29, 1.82) is 0 Å². The van der Waals surface area contributed by atoms with Crippen LogP contribution in [-0.4, -0.2) is 23.2 Å². The Bertz CT molecular complexity index is 141. The Morgan fingerprint density at radius 2 is 2.18 bits per heavy atom. The molecule has 0 fully saturated rings. The van der Waals surface area contributed by atoms with Gasteiger partial charge in [0, 0.05) is 6.04 Å². The number of primary amides is 1. The van der Waals surface area contributed by atoms with Crippen LogP contribution in [0.5, 0.6) is 0 Å². The summed E-state index contributed by atoms with van der Waals surface area (Å²) in [5.41, 5.74) is 10.1. The number of carbonyl (C=O) groups excluding carboxylic acids is 1. The number of rotatable bonds is 4. The number of carbonyl (C=O) groups is 1. The van der Waals surface area contributed by atoms with Gasteiger partial charge in [-0.05, 0) is 6.42 Å². The van der Waals surface area contributed by atoms with Crippen LogP contribution in [0, 0.1) is 0 Å². The average Bonchev–Trinajstić information content (AvgIpc) is 1.87. The van der Waals surface area contributed by atoms with E-state index in [1.165, 1.54) is 6.08 Å². The summed E-state index contributed by atoms with van der Waals surface area (Å²) < 4.78 is 0. The first-order chi connectivity index (χ1) is 4.59. The number of hydrogen-bond donors (Lipinski definition) is 3. The van der Waals surface area contributed by atoms with E-state index in [1.54, 1.807) is 0 Å². The van der Waals surface area contributed by atoms with Crippen LogP contribution >= 0.6 is 12.4 Å². The van der Waals surface area contributed by atoms with Crippen LogP contribution in [0.25, 0.3) is 0 Å². The third-order valence-electron chi connectivity index (χ3n) is 1.14. The third-order valence-corrected chi connectivity index (χ3v) is 1.14. The van der Waals surface area contributed by atoms with Crippen molar-refractivity contribution in [2.75, 3.05) is 0 Å². The van der Waals surface area contributed by atoms with Crippen molar-refractivity contribution < 1.29 is 9.90 Å². The van der Waals surface area contributed by atoms with Gasteiger partial charge < -0.3 is 16.6 Å². The molecule has 0 bridgehead atoms. The number of halogens is 1. The Hall–Kier alpha value is -0.580. The molecule has 0 aromatic rings. The fraction of sp³-hybridized carbons (Fsp3) is 0.500. The first-order valence-corrected chi connectivity index (χ1v) is 2.93. The van der Waals surface area contributed by atoms with Gasteiger partial charge in [-0.1, -0.05) is 6.08 Å². The zero-order valence-electron chi connectivity index (χ0n) is 6.06. The number of aliphatic hydroxyl groups is 1. The van der Waals surface area contributed by atoms with Gasteiger partial charge in [0.15, 0.2) is 0 Å². The Morgan fingerprint density at radius 1 is 1.73 bits per heavy atom. The number of aliphatic hydroxyl groups excluding tert-OH is 1. The highest BCUT2D eigenvalue weighted by Crippen LogP contribution is 1.94. The van der Waals surface area contributed by atoms with Gasteiger partial charge >= 0.3 is 0 Å². The fourth-order valence-electron chi connectivity index (χ4n) is 0.532. The monoisotopic (exact) mass is 180 g/mol. The molecule has 0 spiro atoms. The van der Waals surface area contributed by atoms with E-state index in [9.17, 15) is 4.79 Å². The molecule has 2 unspecified atom stereocenters. The summed E-state index contributed by atoms with van der Waals surface area (Å²) >= 11 is 0. The Kier molecular flexibility index (Phi) is 7.29. The molecular formula is C6H13ClN2O2. The maximum absolute atomic E-state index is 10.3. The van der Waals surface area contributed by atoms with Crippen LogP contribution in [-0.2, 0) is 4.79 Å². The molecule has 0 saturated carbocycles. The van der Waals surface area contributed by atoms with Crippen molar-refractivity contribution >= 4 is 18.3 Å². The highest BCUT2D eigenvalue weighted by molar-refractivity contribution is 5.85. The lowest BCUT2D eigenvalue weighted by molar-refractivity contribution is -0.126. The standard InChI is InChI=1S/C6H12N2O2.ClH/c1-2-3-4(7)5(9)6(8)10;/h2,4-5,9H,1,3,7H2,(H2,8,10);1H. The summed E-state index contributed by atoms with van der Waals surface area (Å²) in [7, 11) is 0. The summed E-state index contributed by atoms with van der Waals surface area (Å²) in [5, 5.41) is 8.88. The third kappa shape index (κ3) is 4.78. The van der Waals surface area contributed by atoms with Gasteiger partial charge in [-0.25, -0.2) is 0 Å². The number of amides is 1. The predicted octanol–water partition coefficient (Wildman–Crippen LogP) is -0.842. The van der Waals surface area contributed by atoms with Gasteiger partial charge in [0.25, 0.3) is 0 Å². The summed E-state index contributed by atoms with van der Waals surface area (Å²) in [6.07, 6.45) is 0.638. The van der Waals surface area contributed by atoms with E-state index in [1.807, 2.05) is 0 Å². The summed E-state index contributed by atoms with van der Waals surface area (Å²) in [6.45, 7) is 3.40. The van der Waals surface area contributed by atoms with Gasteiger partial charge in [0.1, 0.15) is 6.10 Å². The van der Waals surface area contributed by atoms with E-state index in [0.717, 1.165) is 0 Å².